The third kappa shape index (κ3) is 4.70. The van der Waals surface area contributed by atoms with Crippen LogP contribution in [0.5, 0.6) is 0 Å². The molecule has 1 atom stereocenters. The second-order valence-electron chi connectivity index (χ2n) is 8.79. The molecule has 2 aromatic heterocycles. The van der Waals surface area contributed by atoms with Crippen LogP contribution < -0.4 is 10.2 Å². The van der Waals surface area contributed by atoms with Gasteiger partial charge in [-0.25, -0.2) is 4.39 Å². The van der Waals surface area contributed by atoms with Gasteiger partial charge >= 0.3 is 6.18 Å². The second-order valence-corrected chi connectivity index (χ2v) is 8.79. The number of nitrogens with zero attached hydrogens (tertiary/aromatic N) is 5. The maximum Gasteiger partial charge on any atom is 0.416 e. The summed E-state index contributed by atoms with van der Waals surface area (Å²) in [5, 5.41) is 18.4. The van der Waals surface area contributed by atoms with E-state index in [9.17, 15) is 17.6 Å². The van der Waals surface area contributed by atoms with Gasteiger partial charge in [-0.05, 0) is 36.1 Å². The smallest absolute Gasteiger partial charge is 0.354 e. The van der Waals surface area contributed by atoms with E-state index in [1.54, 1.807) is 10.9 Å². The third-order valence-electron chi connectivity index (χ3n) is 6.44. The molecule has 0 spiro atoms. The largest absolute Gasteiger partial charge is 0.416 e. The Morgan fingerprint density at radius 2 is 1.86 bits per heavy atom. The summed E-state index contributed by atoms with van der Waals surface area (Å²) in [7, 11) is 1.86. The van der Waals surface area contributed by atoms with Crippen molar-refractivity contribution in [3.05, 3.63) is 71.7 Å². The highest BCUT2D eigenvalue weighted by molar-refractivity contribution is 5.99. The molecule has 1 N–H and O–H groups in total. The fourth-order valence-electron chi connectivity index (χ4n) is 4.69. The monoisotopic (exact) mass is 484 g/mol. The normalized spacial score (nSPS) is 16.4. The van der Waals surface area contributed by atoms with Crippen molar-refractivity contribution in [2.75, 3.05) is 24.5 Å². The van der Waals surface area contributed by atoms with E-state index in [1.165, 1.54) is 6.07 Å². The molecule has 0 bridgehead atoms. The number of halogens is 4. The first-order chi connectivity index (χ1) is 16.8. The van der Waals surface area contributed by atoms with Gasteiger partial charge in [-0.3, -0.25) is 4.68 Å². The minimum absolute atomic E-state index is 0.0216. The van der Waals surface area contributed by atoms with Gasteiger partial charge in [0.2, 0.25) is 0 Å². The molecule has 1 unspecified atom stereocenters. The van der Waals surface area contributed by atoms with Crippen molar-refractivity contribution >= 4 is 16.6 Å². The highest BCUT2D eigenvalue weighted by atomic mass is 19.4. The molecular formula is C25H24F4N6. The molecule has 4 aromatic rings. The zero-order chi connectivity index (χ0) is 24.6. The summed E-state index contributed by atoms with van der Waals surface area (Å²) in [6.07, 6.45) is -1.99. The number of rotatable bonds is 6. The summed E-state index contributed by atoms with van der Waals surface area (Å²) in [6, 6.07) is 12.7. The molecule has 1 saturated heterocycles. The lowest BCUT2D eigenvalue weighted by molar-refractivity contribution is -0.138. The molecule has 0 aliphatic carbocycles. The Bertz CT molecular complexity index is 1350. The Labute approximate surface area is 199 Å². The summed E-state index contributed by atoms with van der Waals surface area (Å²) >= 11 is 0. The van der Waals surface area contributed by atoms with Crippen LogP contribution in [0, 0.1) is 11.7 Å². The van der Waals surface area contributed by atoms with E-state index in [0.717, 1.165) is 47.0 Å². The number of aromatic nitrogens is 4. The Hall–Kier alpha value is -3.53. The number of nitrogens with one attached hydrogen (secondary N) is 1. The van der Waals surface area contributed by atoms with Gasteiger partial charge in [-0.2, -0.15) is 18.3 Å². The quantitative estimate of drug-likeness (QED) is 0.399. The molecule has 1 aliphatic rings. The van der Waals surface area contributed by atoms with E-state index in [0.29, 0.717) is 19.2 Å². The molecule has 0 saturated carbocycles. The van der Waals surface area contributed by atoms with Gasteiger partial charge in [0.1, 0.15) is 11.5 Å². The lowest BCUT2D eigenvalue weighted by atomic mass is 10.1. The molecular weight excluding hydrogens is 460 g/mol. The Kier molecular flexibility index (Phi) is 6.14. The minimum Gasteiger partial charge on any atom is -0.354 e. The topological polar surface area (TPSA) is 58.9 Å². The van der Waals surface area contributed by atoms with Gasteiger partial charge in [-0.15, -0.1) is 10.2 Å². The number of fused-ring (bicyclic) bond motifs is 1. The predicted octanol–water partition coefficient (Wildman–Crippen LogP) is 4.80. The average molecular weight is 485 g/mol. The van der Waals surface area contributed by atoms with Gasteiger partial charge in [0.05, 0.1) is 11.3 Å². The van der Waals surface area contributed by atoms with E-state index >= 15 is 0 Å². The number of hydrogen-bond acceptors (Lipinski definition) is 5. The molecule has 0 radical (unpaired) electrons. The fourth-order valence-corrected chi connectivity index (χ4v) is 4.69. The Morgan fingerprint density at radius 3 is 2.60 bits per heavy atom. The van der Waals surface area contributed by atoms with E-state index in [-0.39, 0.29) is 18.0 Å². The van der Waals surface area contributed by atoms with Gasteiger partial charge in [0.25, 0.3) is 0 Å². The molecule has 10 heteroatoms. The standard InChI is InChI=1S/C25H24F4N6/c1-34-22(8-10-31-34)23-19-4-2-3-5-20(19)24(33-32-23)35-11-9-16(15-35)13-30-14-17-6-7-18(26)12-21(17)25(27,28)29/h2-8,10,12,16,30H,9,11,13-15H2,1H3. The van der Waals surface area contributed by atoms with Gasteiger partial charge in [-0.1, -0.05) is 30.3 Å². The lowest BCUT2D eigenvalue weighted by Crippen LogP contribution is -2.27. The van der Waals surface area contributed by atoms with Crippen LogP contribution in [0.2, 0.25) is 0 Å². The Morgan fingerprint density at radius 1 is 1.06 bits per heavy atom. The molecule has 35 heavy (non-hydrogen) atoms. The fraction of sp³-hybridized carbons (Fsp3) is 0.320. The Balaban J connectivity index is 1.29. The zero-order valence-corrected chi connectivity index (χ0v) is 19.1. The number of benzene rings is 2. The first-order valence-electron chi connectivity index (χ1n) is 11.4. The van der Waals surface area contributed by atoms with Crippen LogP contribution in [0.1, 0.15) is 17.5 Å². The van der Waals surface area contributed by atoms with E-state index in [1.807, 2.05) is 37.4 Å². The van der Waals surface area contributed by atoms with Crippen molar-refractivity contribution in [3.63, 3.8) is 0 Å². The SMILES string of the molecule is Cn1nccc1-c1nnc(N2CCC(CNCc3ccc(F)cc3C(F)(F)F)C2)c2ccccc12. The molecule has 1 fully saturated rings. The maximum absolute atomic E-state index is 13.3. The summed E-state index contributed by atoms with van der Waals surface area (Å²) in [4.78, 5) is 2.17. The molecule has 5 rings (SSSR count). The average Bonchev–Trinajstić information content (AvgIpc) is 3.47. The second kappa shape index (κ2) is 9.26. The van der Waals surface area contributed by atoms with E-state index in [4.69, 9.17) is 0 Å². The zero-order valence-electron chi connectivity index (χ0n) is 19.1. The van der Waals surface area contributed by atoms with Gasteiger partial charge < -0.3 is 10.2 Å². The predicted molar refractivity (Wildman–Crippen MR) is 125 cm³/mol. The molecule has 2 aromatic carbocycles. The first-order valence-corrected chi connectivity index (χ1v) is 11.4. The van der Waals surface area contributed by atoms with Gasteiger partial charge in [0, 0.05) is 50.2 Å². The van der Waals surface area contributed by atoms with Crippen molar-refractivity contribution in [2.45, 2.75) is 19.1 Å². The highest BCUT2D eigenvalue weighted by Gasteiger charge is 2.34. The highest BCUT2D eigenvalue weighted by Crippen LogP contribution is 2.34. The first kappa shape index (κ1) is 23.2. The van der Waals surface area contributed by atoms with Gasteiger partial charge in [0.15, 0.2) is 5.82 Å². The van der Waals surface area contributed by atoms with Crippen LogP contribution in [0.15, 0.2) is 54.7 Å². The maximum atomic E-state index is 13.3. The van der Waals surface area contributed by atoms with Crippen LogP contribution in [0.3, 0.4) is 0 Å². The summed E-state index contributed by atoms with van der Waals surface area (Å²) in [5.41, 5.74) is 0.744. The summed E-state index contributed by atoms with van der Waals surface area (Å²) in [6.45, 7) is 2.06. The van der Waals surface area contributed by atoms with Crippen LogP contribution in [0.25, 0.3) is 22.2 Å². The summed E-state index contributed by atoms with van der Waals surface area (Å²) in [5.74, 6) is 0.143. The number of alkyl halides is 3. The molecule has 6 nitrogen and oxygen atoms in total. The van der Waals surface area contributed by atoms with E-state index < -0.39 is 17.6 Å². The van der Waals surface area contributed by atoms with Crippen LogP contribution in [-0.2, 0) is 19.8 Å². The minimum atomic E-state index is -4.59. The van der Waals surface area contributed by atoms with Crippen molar-refractivity contribution in [1.29, 1.82) is 0 Å². The molecule has 0 amide bonds. The third-order valence-corrected chi connectivity index (χ3v) is 6.44. The van der Waals surface area contributed by atoms with Crippen molar-refractivity contribution in [3.8, 4) is 11.4 Å². The van der Waals surface area contributed by atoms with Crippen LogP contribution in [0.4, 0.5) is 23.4 Å². The molecule has 3 heterocycles. The number of hydrogen-bond donors (Lipinski definition) is 1. The van der Waals surface area contributed by atoms with Crippen molar-refractivity contribution in [2.24, 2.45) is 13.0 Å². The van der Waals surface area contributed by atoms with Crippen LogP contribution in [-0.4, -0.2) is 39.6 Å². The lowest BCUT2D eigenvalue weighted by Gasteiger charge is -2.20. The number of aryl methyl sites for hydroxylation is 1. The molecule has 1 aliphatic heterocycles. The summed E-state index contributed by atoms with van der Waals surface area (Å²) < 4.78 is 54.8. The van der Waals surface area contributed by atoms with Crippen LogP contribution >= 0.6 is 0 Å². The molecule has 182 valence electrons. The van der Waals surface area contributed by atoms with Crippen molar-refractivity contribution < 1.29 is 17.6 Å². The number of anilines is 1. The van der Waals surface area contributed by atoms with Crippen molar-refractivity contribution in [1.82, 2.24) is 25.3 Å². The van der Waals surface area contributed by atoms with E-state index in [2.05, 4.69) is 25.5 Å².